The molecule has 0 heterocycles. The van der Waals surface area contributed by atoms with E-state index in [1.807, 2.05) is 13.0 Å². The van der Waals surface area contributed by atoms with Crippen LogP contribution in [0.5, 0.6) is 0 Å². The fraction of sp³-hybridized carbons (Fsp3) is 0.533. The van der Waals surface area contributed by atoms with Gasteiger partial charge in [0.15, 0.2) is 0 Å². The van der Waals surface area contributed by atoms with Gasteiger partial charge in [-0.25, -0.2) is 0 Å². The van der Waals surface area contributed by atoms with E-state index in [1.54, 1.807) is 0 Å². The van der Waals surface area contributed by atoms with Crippen molar-refractivity contribution >= 4 is 34.2 Å². The molecular formula is C15H20INO. The maximum Gasteiger partial charge on any atom is 0.227 e. The standard InChI is InChI=1S/C15H20INO/c1-10-3-6-12(7-4-10)15(18)17-14-9-13(16)8-5-11(14)2/h5,8-10,12H,3-4,6-7H2,1-2H3,(H,17,18). The van der Waals surface area contributed by atoms with Gasteiger partial charge in [-0.1, -0.05) is 13.0 Å². The molecule has 1 aliphatic carbocycles. The molecule has 0 saturated heterocycles. The number of benzene rings is 1. The summed E-state index contributed by atoms with van der Waals surface area (Å²) in [5, 5.41) is 3.09. The zero-order valence-electron chi connectivity index (χ0n) is 11.0. The Morgan fingerprint density at radius 2 is 1.94 bits per heavy atom. The molecule has 1 aromatic rings. The fourth-order valence-electron chi connectivity index (χ4n) is 2.49. The van der Waals surface area contributed by atoms with Gasteiger partial charge in [0, 0.05) is 15.2 Å². The highest BCUT2D eigenvalue weighted by Crippen LogP contribution is 2.29. The fourth-order valence-corrected chi connectivity index (χ4v) is 2.98. The molecule has 0 radical (unpaired) electrons. The monoisotopic (exact) mass is 357 g/mol. The zero-order chi connectivity index (χ0) is 13.1. The predicted octanol–water partition coefficient (Wildman–Crippen LogP) is 4.36. The molecule has 1 N–H and O–H groups in total. The van der Waals surface area contributed by atoms with Crippen LogP contribution in [0, 0.1) is 22.3 Å². The maximum atomic E-state index is 12.2. The van der Waals surface area contributed by atoms with E-state index in [1.165, 1.54) is 12.8 Å². The summed E-state index contributed by atoms with van der Waals surface area (Å²) in [6.07, 6.45) is 4.44. The molecule has 1 saturated carbocycles. The van der Waals surface area contributed by atoms with Gasteiger partial charge in [-0.2, -0.15) is 0 Å². The number of anilines is 1. The summed E-state index contributed by atoms with van der Waals surface area (Å²) in [4.78, 5) is 12.2. The van der Waals surface area contributed by atoms with Crippen molar-refractivity contribution in [3.05, 3.63) is 27.3 Å². The molecular weight excluding hydrogens is 337 g/mol. The Hall–Kier alpha value is -0.580. The van der Waals surface area contributed by atoms with E-state index in [0.717, 1.165) is 33.6 Å². The van der Waals surface area contributed by atoms with Gasteiger partial charge < -0.3 is 5.32 Å². The number of halogens is 1. The molecule has 98 valence electrons. The van der Waals surface area contributed by atoms with Crippen LogP contribution < -0.4 is 5.32 Å². The van der Waals surface area contributed by atoms with E-state index in [9.17, 15) is 4.79 Å². The number of rotatable bonds is 2. The number of carbonyl (C=O) groups excluding carboxylic acids is 1. The summed E-state index contributed by atoms with van der Waals surface area (Å²) in [5.41, 5.74) is 2.10. The summed E-state index contributed by atoms with van der Waals surface area (Å²) in [6, 6.07) is 6.16. The first-order chi connectivity index (χ1) is 8.56. The van der Waals surface area contributed by atoms with E-state index in [2.05, 4.69) is 47.0 Å². The van der Waals surface area contributed by atoms with Crippen LogP contribution in [-0.4, -0.2) is 5.91 Å². The summed E-state index contributed by atoms with van der Waals surface area (Å²) < 4.78 is 1.16. The van der Waals surface area contributed by atoms with Gasteiger partial charge >= 0.3 is 0 Å². The molecule has 1 amide bonds. The minimum absolute atomic E-state index is 0.201. The van der Waals surface area contributed by atoms with E-state index >= 15 is 0 Å². The lowest BCUT2D eigenvalue weighted by Gasteiger charge is -2.25. The molecule has 0 aliphatic heterocycles. The molecule has 1 aliphatic rings. The number of hydrogen-bond acceptors (Lipinski definition) is 1. The van der Waals surface area contributed by atoms with Gasteiger partial charge in [0.05, 0.1) is 0 Å². The van der Waals surface area contributed by atoms with Crippen LogP contribution >= 0.6 is 22.6 Å². The SMILES string of the molecule is Cc1ccc(I)cc1NC(=O)C1CCC(C)CC1. The Balaban J connectivity index is 2.00. The molecule has 1 aromatic carbocycles. The van der Waals surface area contributed by atoms with Crippen molar-refractivity contribution in [1.82, 2.24) is 0 Å². The lowest BCUT2D eigenvalue weighted by Crippen LogP contribution is -2.26. The van der Waals surface area contributed by atoms with E-state index in [0.29, 0.717) is 0 Å². The third-order valence-corrected chi connectivity index (χ3v) is 4.52. The highest BCUT2D eigenvalue weighted by atomic mass is 127. The van der Waals surface area contributed by atoms with Crippen LogP contribution in [0.1, 0.15) is 38.2 Å². The second-order valence-corrected chi connectivity index (χ2v) is 6.65. The smallest absolute Gasteiger partial charge is 0.227 e. The highest BCUT2D eigenvalue weighted by molar-refractivity contribution is 14.1. The lowest BCUT2D eigenvalue weighted by atomic mass is 9.82. The second-order valence-electron chi connectivity index (χ2n) is 5.41. The third kappa shape index (κ3) is 3.46. The van der Waals surface area contributed by atoms with Crippen molar-refractivity contribution in [2.24, 2.45) is 11.8 Å². The van der Waals surface area contributed by atoms with Crippen molar-refractivity contribution in [3.8, 4) is 0 Å². The Bertz CT molecular complexity index is 436. The maximum absolute atomic E-state index is 12.2. The summed E-state index contributed by atoms with van der Waals surface area (Å²) >= 11 is 2.27. The van der Waals surface area contributed by atoms with Crippen molar-refractivity contribution in [2.75, 3.05) is 5.32 Å². The number of carbonyl (C=O) groups is 1. The molecule has 0 spiro atoms. The molecule has 0 atom stereocenters. The Morgan fingerprint density at radius 3 is 2.61 bits per heavy atom. The van der Waals surface area contributed by atoms with Crippen molar-refractivity contribution in [1.29, 1.82) is 0 Å². The first kappa shape index (κ1) is 13.8. The van der Waals surface area contributed by atoms with Gasteiger partial charge in [-0.05, 0) is 78.8 Å². The quantitative estimate of drug-likeness (QED) is 0.783. The minimum atomic E-state index is 0.201. The number of hydrogen-bond donors (Lipinski definition) is 1. The molecule has 2 rings (SSSR count). The van der Waals surface area contributed by atoms with E-state index in [4.69, 9.17) is 0 Å². The molecule has 0 aromatic heterocycles. The highest BCUT2D eigenvalue weighted by Gasteiger charge is 2.24. The van der Waals surface area contributed by atoms with Gasteiger partial charge in [-0.3, -0.25) is 4.79 Å². The summed E-state index contributed by atoms with van der Waals surface area (Å²) in [6.45, 7) is 4.31. The van der Waals surface area contributed by atoms with Crippen LogP contribution in [0.2, 0.25) is 0 Å². The molecule has 0 bridgehead atoms. The molecule has 1 fully saturated rings. The van der Waals surface area contributed by atoms with Crippen LogP contribution in [0.3, 0.4) is 0 Å². The van der Waals surface area contributed by atoms with Crippen molar-refractivity contribution in [3.63, 3.8) is 0 Å². The average molecular weight is 357 g/mol. The first-order valence-corrected chi connectivity index (χ1v) is 7.71. The molecule has 2 nitrogen and oxygen atoms in total. The van der Waals surface area contributed by atoms with Crippen molar-refractivity contribution in [2.45, 2.75) is 39.5 Å². The Morgan fingerprint density at radius 1 is 1.28 bits per heavy atom. The van der Waals surface area contributed by atoms with Gasteiger partial charge in [0.25, 0.3) is 0 Å². The van der Waals surface area contributed by atoms with Gasteiger partial charge in [0.1, 0.15) is 0 Å². The Labute approximate surface area is 123 Å². The molecule has 18 heavy (non-hydrogen) atoms. The number of aryl methyl sites for hydroxylation is 1. The largest absolute Gasteiger partial charge is 0.326 e. The number of nitrogens with one attached hydrogen (secondary N) is 1. The van der Waals surface area contributed by atoms with Gasteiger partial charge in [-0.15, -0.1) is 0 Å². The van der Waals surface area contributed by atoms with Crippen LogP contribution in [0.25, 0.3) is 0 Å². The Kier molecular flexibility index (Phi) is 4.65. The van der Waals surface area contributed by atoms with Crippen LogP contribution in [-0.2, 0) is 4.79 Å². The van der Waals surface area contributed by atoms with Crippen LogP contribution in [0.4, 0.5) is 5.69 Å². The summed E-state index contributed by atoms with van der Waals surface area (Å²) in [5.74, 6) is 1.19. The van der Waals surface area contributed by atoms with Gasteiger partial charge in [0.2, 0.25) is 5.91 Å². The average Bonchev–Trinajstić information content (AvgIpc) is 2.34. The van der Waals surface area contributed by atoms with E-state index < -0.39 is 0 Å². The summed E-state index contributed by atoms with van der Waals surface area (Å²) in [7, 11) is 0. The zero-order valence-corrected chi connectivity index (χ0v) is 13.2. The predicted molar refractivity (Wildman–Crippen MR) is 83.6 cm³/mol. The first-order valence-electron chi connectivity index (χ1n) is 6.63. The van der Waals surface area contributed by atoms with Crippen LogP contribution in [0.15, 0.2) is 18.2 Å². The minimum Gasteiger partial charge on any atom is -0.326 e. The third-order valence-electron chi connectivity index (χ3n) is 3.84. The molecule has 3 heteroatoms. The normalized spacial score (nSPS) is 23.7. The second kappa shape index (κ2) is 6.04. The van der Waals surface area contributed by atoms with E-state index in [-0.39, 0.29) is 11.8 Å². The molecule has 0 unspecified atom stereocenters. The lowest BCUT2D eigenvalue weighted by molar-refractivity contribution is -0.121. The van der Waals surface area contributed by atoms with Crippen molar-refractivity contribution < 1.29 is 4.79 Å². The topological polar surface area (TPSA) is 29.1 Å². The number of amides is 1.